The molecule has 1 aliphatic rings. The molecule has 3 rings (SSSR count). The minimum absolute atomic E-state index is 0.145. The van der Waals surface area contributed by atoms with Crippen molar-refractivity contribution in [3.05, 3.63) is 58.8 Å². The lowest BCUT2D eigenvalue weighted by molar-refractivity contribution is -0.126. The number of guanidine groups is 1. The van der Waals surface area contributed by atoms with E-state index in [4.69, 9.17) is 15.9 Å². The standard InChI is InChI=1S/C21H29N7O5S/c1-2-33-20-16(9-6-10-28(20)21(22)23)25-18(29)12-27-14-24-11-17(19(27)30)26-34(31,32)13-15-7-4-3-5-8-15/h3-5,7-8,11,14,16,20,26H,2,6,9-10,12-13H2,1H3,(H3,22,23)(H,25,29). The normalized spacial score (nSPS) is 18.3. The van der Waals surface area contributed by atoms with E-state index in [1.165, 1.54) is 6.33 Å². The van der Waals surface area contributed by atoms with Crippen LogP contribution in [0.2, 0.25) is 0 Å². The molecule has 0 bridgehead atoms. The van der Waals surface area contributed by atoms with E-state index >= 15 is 0 Å². The first-order chi connectivity index (χ1) is 16.2. The van der Waals surface area contributed by atoms with Crippen LogP contribution in [0.25, 0.3) is 0 Å². The Hall–Kier alpha value is -3.45. The van der Waals surface area contributed by atoms with E-state index in [0.29, 0.717) is 31.6 Å². The van der Waals surface area contributed by atoms with Crippen molar-refractivity contribution in [2.24, 2.45) is 5.73 Å². The van der Waals surface area contributed by atoms with Gasteiger partial charge in [0.2, 0.25) is 15.9 Å². The van der Waals surface area contributed by atoms with Gasteiger partial charge in [-0.2, -0.15) is 0 Å². The van der Waals surface area contributed by atoms with Crippen molar-refractivity contribution in [1.29, 1.82) is 5.41 Å². The molecule has 1 fully saturated rings. The molecule has 2 unspecified atom stereocenters. The smallest absolute Gasteiger partial charge is 0.278 e. The number of anilines is 1. The minimum atomic E-state index is -3.86. The van der Waals surface area contributed by atoms with Crippen molar-refractivity contribution >= 4 is 27.6 Å². The number of hydrogen-bond acceptors (Lipinski definition) is 7. The molecular formula is C21H29N7O5S. The lowest BCUT2D eigenvalue weighted by atomic mass is 10.0. The number of ether oxygens (including phenoxy) is 1. The Kier molecular flexibility index (Phi) is 8.23. The Morgan fingerprint density at radius 2 is 2.06 bits per heavy atom. The summed E-state index contributed by atoms with van der Waals surface area (Å²) in [6.07, 6.45) is 3.00. The average molecular weight is 492 g/mol. The fourth-order valence-corrected chi connectivity index (χ4v) is 4.96. The molecule has 1 amide bonds. The first-order valence-corrected chi connectivity index (χ1v) is 12.5. The summed E-state index contributed by atoms with van der Waals surface area (Å²) in [7, 11) is -3.86. The Balaban J connectivity index is 1.69. The molecule has 1 aliphatic heterocycles. The van der Waals surface area contributed by atoms with E-state index in [9.17, 15) is 18.0 Å². The first kappa shape index (κ1) is 25.2. The highest BCUT2D eigenvalue weighted by Gasteiger charge is 2.34. The topological polar surface area (TPSA) is 172 Å². The fraction of sp³-hybridized carbons (Fsp3) is 0.429. The van der Waals surface area contributed by atoms with Crippen LogP contribution in [0.1, 0.15) is 25.3 Å². The highest BCUT2D eigenvalue weighted by Crippen LogP contribution is 2.18. The second-order valence-corrected chi connectivity index (χ2v) is 9.55. The maximum absolute atomic E-state index is 12.8. The number of nitrogens with one attached hydrogen (secondary N) is 3. The SMILES string of the molecule is CCOC1C(NC(=O)Cn2cncc(NS(=O)(=O)Cc3ccccc3)c2=O)CCCN1C(=N)N. The quantitative estimate of drug-likeness (QED) is 0.281. The summed E-state index contributed by atoms with van der Waals surface area (Å²) in [5.41, 5.74) is 5.26. The number of amides is 1. The summed E-state index contributed by atoms with van der Waals surface area (Å²) in [5, 5.41) is 10.6. The predicted octanol–water partition coefficient (Wildman–Crippen LogP) is 0.0219. The van der Waals surface area contributed by atoms with Crippen LogP contribution in [0.15, 0.2) is 47.7 Å². The number of nitrogens with two attached hydrogens (primary N) is 1. The van der Waals surface area contributed by atoms with Gasteiger partial charge in [0.25, 0.3) is 5.56 Å². The second-order valence-electron chi connectivity index (χ2n) is 7.83. The summed E-state index contributed by atoms with van der Waals surface area (Å²) in [4.78, 5) is 30.9. The molecule has 13 heteroatoms. The average Bonchev–Trinajstić information content (AvgIpc) is 2.78. The molecule has 2 aromatic rings. The molecule has 2 heterocycles. The number of rotatable bonds is 9. The van der Waals surface area contributed by atoms with Gasteiger partial charge in [-0.3, -0.25) is 24.3 Å². The molecule has 0 aliphatic carbocycles. The minimum Gasteiger partial charge on any atom is -0.370 e. The van der Waals surface area contributed by atoms with E-state index < -0.39 is 33.8 Å². The van der Waals surface area contributed by atoms with Gasteiger partial charge < -0.3 is 20.7 Å². The number of sulfonamides is 1. The van der Waals surface area contributed by atoms with E-state index in [-0.39, 0.29) is 23.9 Å². The molecular weight excluding hydrogens is 462 g/mol. The highest BCUT2D eigenvalue weighted by atomic mass is 32.2. The van der Waals surface area contributed by atoms with Gasteiger partial charge in [-0.05, 0) is 25.3 Å². The number of carbonyl (C=O) groups excluding carboxylic acids is 1. The van der Waals surface area contributed by atoms with Crippen LogP contribution in [0, 0.1) is 5.41 Å². The second kappa shape index (κ2) is 11.1. The molecule has 12 nitrogen and oxygen atoms in total. The summed E-state index contributed by atoms with van der Waals surface area (Å²) in [6, 6.07) is 8.12. The van der Waals surface area contributed by atoms with Gasteiger partial charge >= 0.3 is 0 Å². The molecule has 0 spiro atoms. The fourth-order valence-electron chi connectivity index (χ4n) is 3.78. The molecule has 5 N–H and O–H groups in total. The van der Waals surface area contributed by atoms with Crippen molar-refractivity contribution < 1.29 is 17.9 Å². The van der Waals surface area contributed by atoms with Crippen LogP contribution in [-0.4, -0.2) is 60.2 Å². The number of likely N-dealkylation sites (tertiary alicyclic amines) is 1. The first-order valence-electron chi connectivity index (χ1n) is 10.8. The molecule has 34 heavy (non-hydrogen) atoms. The van der Waals surface area contributed by atoms with Gasteiger partial charge in [-0.1, -0.05) is 30.3 Å². The van der Waals surface area contributed by atoms with Crippen LogP contribution >= 0.6 is 0 Å². The van der Waals surface area contributed by atoms with Gasteiger partial charge in [0.1, 0.15) is 12.2 Å². The summed E-state index contributed by atoms with van der Waals surface area (Å²) < 4.78 is 34.0. The summed E-state index contributed by atoms with van der Waals surface area (Å²) >= 11 is 0. The maximum Gasteiger partial charge on any atom is 0.278 e. The van der Waals surface area contributed by atoms with Crippen molar-refractivity contribution in [3.63, 3.8) is 0 Å². The molecule has 0 radical (unpaired) electrons. The Morgan fingerprint density at radius 3 is 2.74 bits per heavy atom. The van der Waals surface area contributed by atoms with E-state index in [2.05, 4.69) is 15.0 Å². The maximum atomic E-state index is 12.8. The number of piperidine rings is 1. The highest BCUT2D eigenvalue weighted by molar-refractivity contribution is 7.91. The van der Waals surface area contributed by atoms with Crippen molar-refractivity contribution in [2.45, 2.75) is 44.3 Å². The monoisotopic (exact) mass is 491 g/mol. The molecule has 1 aromatic heterocycles. The van der Waals surface area contributed by atoms with Crippen LogP contribution in [0.4, 0.5) is 5.69 Å². The lowest BCUT2D eigenvalue weighted by Crippen LogP contribution is -2.60. The molecule has 1 aromatic carbocycles. The molecule has 1 saturated heterocycles. The lowest BCUT2D eigenvalue weighted by Gasteiger charge is -2.41. The van der Waals surface area contributed by atoms with Gasteiger partial charge in [-0.15, -0.1) is 0 Å². The third kappa shape index (κ3) is 6.54. The Labute approximate surface area is 197 Å². The predicted molar refractivity (Wildman–Crippen MR) is 126 cm³/mol. The number of aromatic nitrogens is 2. The van der Waals surface area contributed by atoms with Crippen LogP contribution < -0.4 is 21.3 Å². The van der Waals surface area contributed by atoms with Gasteiger partial charge in [0.15, 0.2) is 12.2 Å². The largest absolute Gasteiger partial charge is 0.370 e. The zero-order chi connectivity index (χ0) is 24.7. The van der Waals surface area contributed by atoms with Gasteiger partial charge in [0.05, 0.1) is 24.3 Å². The molecule has 184 valence electrons. The number of carbonyl (C=O) groups is 1. The van der Waals surface area contributed by atoms with Crippen molar-refractivity contribution in [2.75, 3.05) is 17.9 Å². The molecule has 2 atom stereocenters. The third-order valence-electron chi connectivity index (χ3n) is 5.24. The van der Waals surface area contributed by atoms with Crippen LogP contribution in [0.3, 0.4) is 0 Å². The van der Waals surface area contributed by atoms with Crippen molar-refractivity contribution in [3.8, 4) is 0 Å². The number of benzene rings is 1. The Morgan fingerprint density at radius 1 is 1.32 bits per heavy atom. The summed E-state index contributed by atoms with van der Waals surface area (Å²) in [6.45, 7) is 2.35. The summed E-state index contributed by atoms with van der Waals surface area (Å²) in [5.74, 6) is -0.933. The van der Waals surface area contributed by atoms with Crippen LogP contribution in [0.5, 0.6) is 0 Å². The van der Waals surface area contributed by atoms with E-state index in [0.717, 1.165) is 10.8 Å². The number of nitrogens with zero attached hydrogens (tertiary/aromatic N) is 3. The van der Waals surface area contributed by atoms with E-state index in [1.54, 1.807) is 42.2 Å². The zero-order valence-electron chi connectivity index (χ0n) is 18.8. The Bertz CT molecular complexity index is 1170. The molecule has 0 saturated carbocycles. The number of hydrogen-bond donors (Lipinski definition) is 4. The van der Waals surface area contributed by atoms with Gasteiger partial charge in [-0.25, -0.2) is 13.4 Å². The zero-order valence-corrected chi connectivity index (χ0v) is 19.6. The van der Waals surface area contributed by atoms with E-state index in [1.807, 2.05) is 0 Å². The van der Waals surface area contributed by atoms with Gasteiger partial charge in [0, 0.05) is 13.2 Å². The van der Waals surface area contributed by atoms with Crippen LogP contribution in [-0.2, 0) is 31.9 Å². The third-order valence-corrected chi connectivity index (χ3v) is 6.48. The van der Waals surface area contributed by atoms with Crippen molar-refractivity contribution in [1.82, 2.24) is 19.8 Å².